The number of pyridine rings is 1. The van der Waals surface area contributed by atoms with Crippen LogP contribution in [-0.2, 0) is 13.0 Å². The van der Waals surface area contributed by atoms with Gasteiger partial charge in [-0.3, -0.25) is 9.88 Å². The summed E-state index contributed by atoms with van der Waals surface area (Å²) in [5, 5.41) is 11.7. The summed E-state index contributed by atoms with van der Waals surface area (Å²) in [6.45, 7) is 5.00. The molecule has 1 aliphatic heterocycles. The molecule has 0 saturated carbocycles. The summed E-state index contributed by atoms with van der Waals surface area (Å²) in [6, 6.07) is 23.2. The van der Waals surface area contributed by atoms with Gasteiger partial charge in [0, 0.05) is 62.3 Å². The molecule has 30 heavy (non-hydrogen) atoms. The highest BCUT2D eigenvalue weighted by Gasteiger charge is 2.21. The first kappa shape index (κ1) is 18.7. The van der Waals surface area contributed by atoms with Crippen LogP contribution in [0.4, 0.5) is 5.82 Å². The molecular formula is C25H25N5. The summed E-state index contributed by atoms with van der Waals surface area (Å²) < 4.78 is 0. The van der Waals surface area contributed by atoms with Gasteiger partial charge in [-0.15, -0.1) is 5.10 Å². The van der Waals surface area contributed by atoms with E-state index < -0.39 is 0 Å². The number of aromatic nitrogens is 3. The third-order valence-corrected chi connectivity index (χ3v) is 5.76. The van der Waals surface area contributed by atoms with Gasteiger partial charge in [0.1, 0.15) is 0 Å². The zero-order chi connectivity index (χ0) is 20.2. The molecule has 1 aliphatic rings. The Balaban J connectivity index is 1.35. The molecule has 4 aromatic rings. The van der Waals surface area contributed by atoms with Crippen molar-refractivity contribution in [3.63, 3.8) is 0 Å². The van der Waals surface area contributed by atoms with Crippen LogP contribution in [0.1, 0.15) is 16.8 Å². The molecule has 1 fully saturated rings. The lowest BCUT2D eigenvalue weighted by Gasteiger charge is -2.35. The van der Waals surface area contributed by atoms with Gasteiger partial charge in [-0.2, -0.15) is 5.10 Å². The van der Waals surface area contributed by atoms with Crippen LogP contribution >= 0.6 is 0 Å². The third-order valence-electron chi connectivity index (χ3n) is 5.76. The molecule has 2 aromatic carbocycles. The van der Waals surface area contributed by atoms with E-state index in [-0.39, 0.29) is 0 Å². The molecule has 0 spiro atoms. The minimum Gasteiger partial charge on any atom is -0.352 e. The summed E-state index contributed by atoms with van der Waals surface area (Å²) in [5.74, 6) is 1.000. The van der Waals surface area contributed by atoms with Gasteiger partial charge in [0.15, 0.2) is 5.82 Å². The van der Waals surface area contributed by atoms with E-state index in [1.165, 1.54) is 16.3 Å². The Morgan fingerprint density at radius 1 is 0.700 bits per heavy atom. The van der Waals surface area contributed by atoms with Gasteiger partial charge in [-0.05, 0) is 17.2 Å². The first-order valence-electron chi connectivity index (χ1n) is 10.5. The van der Waals surface area contributed by atoms with Crippen molar-refractivity contribution < 1.29 is 0 Å². The number of fused-ring (bicyclic) bond motifs is 1. The summed E-state index contributed by atoms with van der Waals surface area (Å²) in [4.78, 5) is 9.12. The van der Waals surface area contributed by atoms with Crippen molar-refractivity contribution in [2.24, 2.45) is 0 Å². The normalized spacial score (nSPS) is 14.9. The number of hydrogen-bond donors (Lipinski definition) is 0. The van der Waals surface area contributed by atoms with Gasteiger partial charge in [-0.1, -0.05) is 60.7 Å². The van der Waals surface area contributed by atoms with E-state index in [0.29, 0.717) is 0 Å². The van der Waals surface area contributed by atoms with E-state index >= 15 is 0 Å². The van der Waals surface area contributed by atoms with E-state index in [2.05, 4.69) is 85.6 Å². The molecule has 0 radical (unpaired) electrons. The number of anilines is 1. The van der Waals surface area contributed by atoms with E-state index in [4.69, 9.17) is 0 Å². The highest BCUT2D eigenvalue weighted by atomic mass is 15.3. The second-order valence-electron chi connectivity index (χ2n) is 7.80. The maximum atomic E-state index is 4.67. The van der Waals surface area contributed by atoms with Crippen molar-refractivity contribution in [1.82, 2.24) is 20.1 Å². The molecule has 5 rings (SSSR count). The molecule has 3 heterocycles. The van der Waals surface area contributed by atoms with Crippen molar-refractivity contribution in [3.8, 4) is 0 Å². The van der Waals surface area contributed by atoms with Gasteiger partial charge in [0.2, 0.25) is 0 Å². The average molecular weight is 396 g/mol. The summed E-state index contributed by atoms with van der Waals surface area (Å²) in [6.07, 6.45) is 4.44. The van der Waals surface area contributed by atoms with E-state index in [1.807, 2.05) is 12.3 Å². The van der Waals surface area contributed by atoms with Crippen molar-refractivity contribution in [1.29, 1.82) is 0 Å². The van der Waals surface area contributed by atoms with Crippen LogP contribution in [0.2, 0.25) is 0 Å². The fraction of sp³-hybridized carbons (Fsp3) is 0.240. The zero-order valence-corrected chi connectivity index (χ0v) is 17.0. The maximum absolute atomic E-state index is 4.67. The molecule has 2 aromatic heterocycles. The maximum Gasteiger partial charge on any atom is 0.159 e. The number of benzene rings is 2. The van der Waals surface area contributed by atoms with Gasteiger partial charge in [0.05, 0.1) is 5.69 Å². The Hall–Kier alpha value is -3.31. The number of rotatable bonds is 5. The first-order chi connectivity index (χ1) is 14.9. The van der Waals surface area contributed by atoms with Crippen molar-refractivity contribution in [3.05, 3.63) is 95.9 Å². The Morgan fingerprint density at radius 2 is 1.43 bits per heavy atom. The van der Waals surface area contributed by atoms with E-state index in [0.717, 1.165) is 56.2 Å². The minimum atomic E-state index is 0.743. The predicted molar refractivity (Wildman–Crippen MR) is 121 cm³/mol. The Morgan fingerprint density at radius 3 is 2.20 bits per heavy atom. The fourth-order valence-electron chi connectivity index (χ4n) is 4.16. The molecule has 1 saturated heterocycles. The topological polar surface area (TPSA) is 45.2 Å². The van der Waals surface area contributed by atoms with E-state index in [1.54, 1.807) is 6.20 Å². The van der Waals surface area contributed by atoms with Gasteiger partial charge in [-0.25, -0.2) is 0 Å². The van der Waals surface area contributed by atoms with Crippen LogP contribution in [0, 0.1) is 0 Å². The quantitative estimate of drug-likeness (QED) is 0.512. The Labute approximate surface area is 177 Å². The van der Waals surface area contributed by atoms with Gasteiger partial charge >= 0.3 is 0 Å². The molecule has 0 N–H and O–H groups in total. The highest BCUT2D eigenvalue weighted by Crippen LogP contribution is 2.28. The molecule has 0 atom stereocenters. The molecule has 0 bridgehead atoms. The first-order valence-corrected chi connectivity index (χ1v) is 10.5. The van der Waals surface area contributed by atoms with Crippen molar-refractivity contribution >= 4 is 16.6 Å². The minimum absolute atomic E-state index is 0.743. The number of piperazine rings is 1. The standard InChI is InChI=1S/C25H25N5/c1-2-7-20(8-3-1)19-29-13-15-30(16-14-29)25-23-11-5-4-10-22(23)24(27-28-25)17-21-9-6-12-26-18-21/h1-12,18H,13-17,19H2. The lowest BCUT2D eigenvalue weighted by atomic mass is 10.0. The van der Waals surface area contributed by atoms with E-state index in [9.17, 15) is 0 Å². The van der Waals surface area contributed by atoms with Crippen LogP contribution in [-0.4, -0.2) is 46.3 Å². The molecule has 150 valence electrons. The summed E-state index contributed by atoms with van der Waals surface area (Å²) in [7, 11) is 0. The highest BCUT2D eigenvalue weighted by molar-refractivity contribution is 5.93. The van der Waals surface area contributed by atoms with Crippen LogP contribution in [0.5, 0.6) is 0 Å². The third kappa shape index (κ3) is 4.02. The number of nitrogens with zero attached hydrogens (tertiary/aromatic N) is 5. The average Bonchev–Trinajstić information content (AvgIpc) is 2.81. The zero-order valence-electron chi connectivity index (χ0n) is 17.0. The smallest absolute Gasteiger partial charge is 0.159 e. The van der Waals surface area contributed by atoms with Crippen molar-refractivity contribution in [2.75, 3.05) is 31.1 Å². The molecule has 0 amide bonds. The Bertz CT molecular complexity index is 1110. The summed E-state index contributed by atoms with van der Waals surface area (Å²) in [5.41, 5.74) is 3.53. The van der Waals surface area contributed by atoms with Crippen LogP contribution in [0.3, 0.4) is 0 Å². The monoisotopic (exact) mass is 395 g/mol. The fourth-order valence-corrected chi connectivity index (χ4v) is 4.16. The van der Waals surface area contributed by atoms with Gasteiger partial charge in [0.25, 0.3) is 0 Å². The van der Waals surface area contributed by atoms with Crippen LogP contribution < -0.4 is 4.90 Å². The largest absolute Gasteiger partial charge is 0.352 e. The molecule has 0 aliphatic carbocycles. The number of hydrogen-bond acceptors (Lipinski definition) is 5. The molecule has 0 unspecified atom stereocenters. The lowest BCUT2D eigenvalue weighted by Crippen LogP contribution is -2.46. The molecule has 5 heteroatoms. The Kier molecular flexibility index (Phi) is 5.36. The van der Waals surface area contributed by atoms with Crippen LogP contribution in [0.15, 0.2) is 79.1 Å². The summed E-state index contributed by atoms with van der Waals surface area (Å²) >= 11 is 0. The molecule has 5 nitrogen and oxygen atoms in total. The van der Waals surface area contributed by atoms with Gasteiger partial charge < -0.3 is 4.90 Å². The molecular weight excluding hydrogens is 370 g/mol. The SMILES string of the molecule is c1ccc(CN2CCN(c3nnc(Cc4cccnc4)c4ccccc34)CC2)cc1. The van der Waals surface area contributed by atoms with Crippen LogP contribution in [0.25, 0.3) is 10.8 Å². The van der Waals surface area contributed by atoms with Crippen molar-refractivity contribution in [2.45, 2.75) is 13.0 Å². The second-order valence-corrected chi connectivity index (χ2v) is 7.80. The predicted octanol–water partition coefficient (Wildman–Crippen LogP) is 3.94. The lowest BCUT2D eigenvalue weighted by molar-refractivity contribution is 0.249. The second kappa shape index (κ2) is 8.59.